The Bertz CT molecular complexity index is 584. The molecule has 2 aromatic rings. The second kappa shape index (κ2) is 5.23. The topological polar surface area (TPSA) is 40.5 Å². The molecule has 4 heteroatoms. The highest BCUT2D eigenvalue weighted by Gasteiger charge is 2.08. The van der Waals surface area contributed by atoms with E-state index in [4.69, 9.17) is 5.11 Å². The van der Waals surface area contributed by atoms with Gasteiger partial charge in [-0.3, -0.25) is 0 Å². The molecule has 92 valence electrons. The molecule has 3 nitrogen and oxygen atoms in total. The van der Waals surface area contributed by atoms with Gasteiger partial charge in [0.05, 0.1) is 5.56 Å². The van der Waals surface area contributed by atoms with Crippen molar-refractivity contribution in [1.82, 2.24) is 0 Å². The van der Waals surface area contributed by atoms with E-state index in [2.05, 4.69) is 15.9 Å². The third kappa shape index (κ3) is 2.71. The Morgan fingerprint density at radius 3 is 2.33 bits per heavy atom. The summed E-state index contributed by atoms with van der Waals surface area (Å²) in [5, 5.41) is 8.98. The summed E-state index contributed by atoms with van der Waals surface area (Å²) in [4.78, 5) is 12.9. The van der Waals surface area contributed by atoms with Crippen LogP contribution in [0, 0.1) is 0 Å². The van der Waals surface area contributed by atoms with Gasteiger partial charge in [-0.1, -0.05) is 28.1 Å². The molecule has 0 radical (unpaired) electrons. The van der Waals surface area contributed by atoms with Crippen LogP contribution in [0.4, 0.5) is 11.4 Å². The molecule has 0 amide bonds. The molecule has 0 atom stereocenters. The van der Waals surface area contributed by atoms with Crippen LogP contribution in [-0.4, -0.2) is 18.1 Å². The predicted molar refractivity (Wildman–Crippen MR) is 75.6 cm³/mol. The summed E-state index contributed by atoms with van der Waals surface area (Å²) in [7, 11) is 1.91. The van der Waals surface area contributed by atoms with Crippen LogP contribution < -0.4 is 4.90 Å². The molecule has 0 heterocycles. The molecule has 0 fully saturated rings. The van der Waals surface area contributed by atoms with Gasteiger partial charge in [0.2, 0.25) is 0 Å². The van der Waals surface area contributed by atoms with Gasteiger partial charge in [-0.2, -0.15) is 0 Å². The first-order chi connectivity index (χ1) is 8.58. The fourth-order valence-corrected chi connectivity index (χ4v) is 2.07. The van der Waals surface area contributed by atoms with Gasteiger partial charge in [0.25, 0.3) is 0 Å². The van der Waals surface area contributed by atoms with Gasteiger partial charge in [0, 0.05) is 22.9 Å². The van der Waals surface area contributed by atoms with E-state index in [0.717, 1.165) is 15.8 Å². The van der Waals surface area contributed by atoms with Crippen molar-refractivity contribution in [2.45, 2.75) is 0 Å². The molecule has 18 heavy (non-hydrogen) atoms. The molecule has 0 aliphatic heterocycles. The van der Waals surface area contributed by atoms with Crippen LogP contribution in [0.2, 0.25) is 0 Å². The van der Waals surface area contributed by atoms with Crippen LogP contribution in [-0.2, 0) is 0 Å². The van der Waals surface area contributed by atoms with Crippen LogP contribution >= 0.6 is 15.9 Å². The van der Waals surface area contributed by atoms with Gasteiger partial charge in [-0.05, 0) is 36.4 Å². The minimum Gasteiger partial charge on any atom is -0.478 e. The normalized spacial score (nSPS) is 10.1. The maximum absolute atomic E-state index is 10.9. The van der Waals surface area contributed by atoms with E-state index in [0.29, 0.717) is 0 Å². The highest BCUT2D eigenvalue weighted by Crippen LogP contribution is 2.26. The minimum absolute atomic E-state index is 0.286. The lowest BCUT2D eigenvalue weighted by Crippen LogP contribution is -2.10. The number of hydrogen-bond acceptors (Lipinski definition) is 2. The second-order valence-corrected chi connectivity index (χ2v) is 4.81. The van der Waals surface area contributed by atoms with Gasteiger partial charge >= 0.3 is 5.97 Å². The van der Waals surface area contributed by atoms with Crippen LogP contribution in [0.3, 0.4) is 0 Å². The highest BCUT2D eigenvalue weighted by atomic mass is 79.9. The fourth-order valence-electron chi connectivity index (χ4n) is 1.68. The Hall–Kier alpha value is -1.81. The SMILES string of the molecule is CN(c1cccc(Br)c1)c1cccc(C(=O)O)c1. The van der Waals surface area contributed by atoms with Crippen molar-refractivity contribution in [2.24, 2.45) is 0 Å². The maximum atomic E-state index is 10.9. The monoisotopic (exact) mass is 305 g/mol. The molecule has 0 aliphatic carbocycles. The highest BCUT2D eigenvalue weighted by molar-refractivity contribution is 9.10. The van der Waals surface area contributed by atoms with E-state index in [1.165, 1.54) is 0 Å². The van der Waals surface area contributed by atoms with Crippen molar-refractivity contribution in [2.75, 3.05) is 11.9 Å². The van der Waals surface area contributed by atoms with Gasteiger partial charge in [-0.15, -0.1) is 0 Å². The van der Waals surface area contributed by atoms with Gasteiger partial charge in [0.15, 0.2) is 0 Å². The zero-order valence-electron chi connectivity index (χ0n) is 9.80. The number of benzene rings is 2. The molecule has 0 aliphatic rings. The Kier molecular flexibility index (Phi) is 3.67. The van der Waals surface area contributed by atoms with Crippen LogP contribution in [0.5, 0.6) is 0 Å². The number of carbonyl (C=O) groups is 1. The van der Waals surface area contributed by atoms with Gasteiger partial charge < -0.3 is 10.0 Å². The van der Waals surface area contributed by atoms with Crippen molar-refractivity contribution in [3.05, 3.63) is 58.6 Å². The molecule has 0 spiro atoms. The smallest absolute Gasteiger partial charge is 0.335 e. The van der Waals surface area contributed by atoms with Crippen molar-refractivity contribution >= 4 is 33.3 Å². The van der Waals surface area contributed by atoms with E-state index < -0.39 is 5.97 Å². The Morgan fingerprint density at radius 1 is 1.11 bits per heavy atom. The zero-order valence-corrected chi connectivity index (χ0v) is 11.4. The lowest BCUT2D eigenvalue weighted by atomic mass is 10.2. The number of nitrogens with zero attached hydrogens (tertiary/aromatic N) is 1. The molecule has 2 aromatic carbocycles. The third-order valence-electron chi connectivity index (χ3n) is 2.68. The first kappa shape index (κ1) is 12.6. The molecular formula is C14H12BrNO2. The quantitative estimate of drug-likeness (QED) is 0.934. The van der Waals surface area contributed by atoms with E-state index in [-0.39, 0.29) is 5.56 Å². The standard InChI is InChI=1S/C14H12BrNO2/c1-16(13-7-3-5-11(15)9-13)12-6-2-4-10(8-12)14(17)18/h2-9H,1H3,(H,17,18). The summed E-state index contributed by atoms with van der Waals surface area (Å²) in [5.41, 5.74) is 2.12. The number of anilines is 2. The summed E-state index contributed by atoms with van der Waals surface area (Å²) >= 11 is 3.42. The van der Waals surface area contributed by atoms with Crippen molar-refractivity contribution in [3.63, 3.8) is 0 Å². The van der Waals surface area contributed by atoms with Gasteiger partial charge in [-0.25, -0.2) is 4.79 Å². The van der Waals surface area contributed by atoms with Crippen molar-refractivity contribution < 1.29 is 9.90 Å². The summed E-state index contributed by atoms with van der Waals surface area (Å²) in [6.07, 6.45) is 0. The molecule has 1 N–H and O–H groups in total. The summed E-state index contributed by atoms with van der Waals surface area (Å²) in [6, 6.07) is 14.7. The van der Waals surface area contributed by atoms with Crippen molar-refractivity contribution in [1.29, 1.82) is 0 Å². The van der Waals surface area contributed by atoms with E-state index in [1.54, 1.807) is 18.2 Å². The molecule has 0 saturated heterocycles. The van der Waals surface area contributed by atoms with Crippen molar-refractivity contribution in [3.8, 4) is 0 Å². The molecule has 0 aromatic heterocycles. The molecule has 2 rings (SSSR count). The Labute approximate surface area is 114 Å². The minimum atomic E-state index is -0.917. The van der Waals surface area contributed by atoms with E-state index >= 15 is 0 Å². The summed E-state index contributed by atoms with van der Waals surface area (Å²) in [5.74, 6) is -0.917. The average molecular weight is 306 g/mol. The summed E-state index contributed by atoms with van der Waals surface area (Å²) in [6.45, 7) is 0. The first-order valence-electron chi connectivity index (χ1n) is 5.40. The molecule has 0 bridgehead atoms. The van der Waals surface area contributed by atoms with Crippen LogP contribution in [0.25, 0.3) is 0 Å². The van der Waals surface area contributed by atoms with Crippen LogP contribution in [0.1, 0.15) is 10.4 Å². The second-order valence-electron chi connectivity index (χ2n) is 3.89. The lowest BCUT2D eigenvalue weighted by Gasteiger charge is -2.20. The lowest BCUT2D eigenvalue weighted by molar-refractivity contribution is 0.0697. The predicted octanol–water partition coefficient (Wildman–Crippen LogP) is 3.92. The molecule has 0 unspecified atom stereocenters. The number of hydrogen-bond donors (Lipinski definition) is 1. The molecular weight excluding hydrogens is 294 g/mol. The Balaban J connectivity index is 2.36. The number of halogens is 1. The van der Waals surface area contributed by atoms with E-state index in [9.17, 15) is 4.79 Å². The maximum Gasteiger partial charge on any atom is 0.335 e. The fraction of sp³-hybridized carbons (Fsp3) is 0.0714. The molecule has 0 saturated carbocycles. The number of carboxylic acids is 1. The first-order valence-corrected chi connectivity index (χ1v) is 6.20. The number of aromatic carboxylic acids is 1. The Morgan fingerprint density at radius 2 is 1.72 bits per heavy atom. The third-order valence-corrected chi connectivity index (χ3v) is 3.17. The largest absolute Gasteiger partial charge is 0.478 e. The number of rotatable bonds is 3. The van der Waals surface area contributed by atoms with Crippen LogP contribution in [0.15, 0.2) is 53.0 Å². The summed E-state index contributed by atoms with van der Waals surface area (Å²) < 4.78 is 0.987. The average Bonchev–Trinajstić information content (AvgIpc) is 2.38. The van der Waals surface area contributed by atoms with Gasteiger partial charge in [0.1, 0.15) is 0 Å². The number of carboxylic acid groups (broad SMARTS) is 1. The van der Waals surface area contributed by atoms with E-state index in [1.807, 2.05) is 42.3 Å². The zero-order chi connectivity index (χ0) is 13.1.